The van der Waals surface area contributed by atoms with E-state index in [2.05, 4.69) is 5.32 Å². The zero-order valence-electron chi connectivity index (χ0n) is 11.6. The molecular weight excluding hydrogens is 294 g/mol. The third-order valence-electron chi connectivity index (χ3n) is 4.15. The van der Waals surface area contributed by atoms with Crippen LogP contribution in [0.4, 0.5) is 5.69 Å². The standard InChI is InChI=1S/C14H17N3O3.ClH/c18-14-11-2-1-3-13(17(19)20)12(11)9-16(14)8-10-4-6-15-7-5-10;/h1-3,10,15H,4-9H2;1H. The van der Waals surface area contributed by atoms with Crippen molar-refractivity contribution in [1.29, 1.82) is 0 Å². The molecule has 1 aromatic carbocycles. The topological polar surface area (TPSA) is 75.5 Å². The van der Waals surface area contributed by atoms with E-state index in [4.69, 9.17) is 0 Å². The van der Waals surface area contributed by atoms with Crippen molar-refractivity contribution in [2.45, 2.75) is 19.4 Å². The molecule has 2 heterocycles. The minimum atomic E-state index is -0.403. The molecule has 1 N–H and O–H groups in total. The summed E-state index contributed by atoms with van der Waals surface area (Å²) in [6.45, 7) is 3.04. The van der Waals surface area contributed by atoms with E-state index >= 15 is 0 Å². The zero-order valence-corrected chi connectivity index (χ0v) is 12.4. The fourth-order valence-electron chi connectivity index (χ4n) is 3.07. The summed E-state index contributed by atoms with van der Waals surface area (Å²) < 4.78 is 0. The third-order valence-corrected chi connectivity index (χ3v) is 4.15. The van der Waals surface area contributed by atoms with Crippen LogP contribution in [0.2, 0.25) is 0 Å². The Morgan fingerprint density at radius 3 is 2.71 bits per heavy atom. The Morgan fingerprint density at radius 1 is 1.33 bits per heavy atom. The molecule has 0 unspecified atom stereocenters. The molecule has 0 spiro atoms. The van der Waals surface area contributed by atoms with Crippen molar-refractivity contribution in [3.63, 3.8) is 0 Å². The number of carbonyl (C=O) groups excluding carboxylic acids is 1. The molecule has 1 aromatic rings. The number of rotatable bonds is 3. The molecule has 2 aliphatic rings. The van der Waals surface area contributed by atoms with Crippen LogP contribution in [0.3, 0.4) is 0 Å². The van der Waals surface area contributed by atoms with Crippen molar-refractivity contribution in [1.82, 2.24) is 10.2 Å². The maximum Gasteiger partial charge on any atom is 0.275 e. The molecular formula is C14H18ClN3O3. The molecule has 0 aliphatic carbocycles. The highest BCUT2D eigenvalue weighted by Gasteiger charge is 2.34. The van der Waals surface area contributed by atoms with E-state index in [1.54, 1.807) is 17.0 Å². The first-order valence-corrected chi connectivity index (χ1v) is 6.93. The Labute approximate surface area is 129 Å². The maximum atomic E-state index is 12.3. The van der Waals surface area contributed by atoms with Crippen LogP contribution in [0.15, 0.2) is 18.2 Å². The maximum absolute atomic E-state index is 12.3. The van der Waals surface area contributed by atoms with Crippen molar-refractivity contribution >= 4 is 24.0 Å². The van der Waals surface area contributed by atoms with E-state index in [1.165, 1.54) is 6.07 Å². The number of fused-ring (bicyclic) bond motifs is 1. The molecule has 1 saturated heterocycles. The average molecular weight is 312 g/mol. The van der Waals surface area contributed by atoms with Gasteiger partial charge in [-0.1, -0.05) is 6.07 Å². The molecule has 0 bridgehead atoms. The average Bonchev–Trinajstić information content (AvgIpc) is 2.77. The molecule has 1 fully saturated rings. The fraction of sp³-hybridized carbons (Fsp3) is 0.500. The minimum absolute atomic E-state index is 0. The number of benzene rings is 1. The van der Waals surface area contributed by atoms with E-state index in [1.807, 2.05) is 0 Å². The van der Waals surface area contributed by atoms with Gasteiger partial charge in [0, 0.05) is 12.6 Å². The normalized spacial score (nSPS) is 18.3. The number of halogens is 1. The molecule has 114 valence electrons. The van der Waals surface area contributed by atoms with Gasteiger partial charge in [0.15, 0.2) is 0 Å². The lowest BCUT2D eigenvalue weighted by atomic mass is 9.98. The van der Waals surface area contributed by atoms with Crippen molar-refractivity contribution in [3.05, 3.63) is 39.4 Å². The summed E-state index contributed by atoms with van der Waals surface area (Å²) in [7, 11) is 0. The van der Waals surface area contributed by atoms with Gasteiger partial charge in [-0.15, -0.1) is 12.4 Å². The lowest BCUT2D eigenvalue weighted by molar-refractivity contribution is -0.385. The van der Waals surface area contributed by atoms with Gasteiger partial charge in [0.05, 0.1) is 22.6 Å². The third kappa shape index (κ3) is 3.01. The summed E-state index contributed by atoms with van der Waals surface area (Å²) >= 11 is 0. The Balaban J connectivity index is 0.00000161. The minimum Gasteiger partial charge on any atom is -0.334 e. The number of hydrogen-bond donors (Lipinski definition) is 1. The molecule has 6 nitrogen and oxygen atoms in total. The summed E-state index contributed by atoms with van der Waals surface area (Å²) in [5.41, 5.74) is 1.12. The van der Waals surface area contributed by atoms with Gasteiger partial charge in [-0.3, -0.25) is 14.9 Å². The van der Waals surface area contributed by atoms with Gasteiger partial charge in [0.25, 0.3) is 11.6 Å². The van der Waals surface area contributed by atoms with Crippen LogP contribution in [0.5, 0.6) is 0 Å². The second-order valence-electron chi connectivity index (χ2n) is 5.44. The van der Waals surface area contributed by atoms with E-state index in [-0.39, 0.29) is 24.0 Å². The monoisotopic (exact) mass is 311 g/mol. The van der Waals surface area contributed by atoms with Gasteiger partial charge in [-0.25, -0.2) is 0 Å². The van der Waals surface area contributed by atoms with Crippen LogP contribution in [-0.4, -0.2) is 35.4 Å². The molecule has 0 saturated carbocycles. The number of piperidine rings is 1. The highest BCUT2D eigenvalue weighted by Crippen LogP contribution is 2.31. The Morgan fingerprint density at radius 2 is 2.05 bits per heavy atom. The van der Waals surface area contributed by atoms with Crippen LogP contribution in [0, 0.1) is 16.0 Å². The number of nitrogens with one attached hydrogen (secondary N) is 1. The summed E-state index contributed by atoms with van der Waals surface area (Å²) in [5.74, 6) is 0.427. The molecule has 0 radical (unpaired) electrons. The first-order valence-electron chi connectivity index (χ1n) is 6.93. The number of nitrogens with zero attached hydrogens (tertiary/aromatic N) is 2. The molecule has 7 heteroatoms. The van der Waals surface area contributed by atoms with E-state index in [0.29, 0.717) is 30.1 Å². The molecule has 21 heavy (non-hydrogen) atoms. The first-order chi connectivity index (χ1) is 9.66. The number of nitro benzene ring substituents is 1. The molecule has 0 aromatic heterocycles. The van der Waals surface area contributed by atoms with Crippen LogP contribution in [-0.2, 0) is 6.54 Å². The second kappa shape index (κ2) is 6.41. The summed E-state index contributed by atoms with van der Waals surface area (Å²) in [4.78, 5) is 24.7. The van der Waals surface area contributed by atoms with Crippen LogP contribution < -0.4 is 5.32 Å². The van der Waals surface area contributed by atoms with Gasteiger partial charge in [0.1, 0.15) is 0 Å². The van der Waals surface area contributed by atoms with Crippen molar-refractivity contribution in [2.75, 3.05) is 19.6 Å². The largest absolute Gasteiger partial charge is 0.334 e. The number of amides is 1. The lowest BCUT2D eigenvalue weighted by Gasteiger charge is -2.27. The van der Waals surface area contributed by atoms with E-state index < -0.39 is 4.92 Å². The van der Waals surface area contributed by atoms with Gasteiger partial charge in [-0.05, 0) is 37.9 Å². The smallest absolute Gasteiger partial charge is 0.275 e. The van der Waals surface area contributed by atoms with Crippen LogP contribution in [0.25, 0.3) is 0 Å². The molecule has 0 atom stereocenters. The van der Waals surface area contributed by atoms with Gasteiger partial charge in [-0.2, -0.15) is 0 Å². The zero-order chi connectivity index (χ0) is 14.1. The summed E-state index contributed by atoms with van der Waals surface area (Å²) in [6, 6.07) is 4.75. The summed E-state index contributed by atoms with van der Waals surface area (Å²) in [5, 5.41) is 14.3. The molecule has 2 aliphatic heterocycles. The molecule has 3 rings (SSSR count). The van der Waals surface area contributed by atoms with Crippen molar-refractivity contribution < 1.29 is 9.72 Å². The lowest BCUT2D eigenvalue weighted by Crippen LogP contribution is -2.36. The van der Waals surface area contributed by atoms with E-state index in [0.717, 1.165) is 25.9 Å². The predicted molar refractivity (Wildman–Crippen MR) is 80.7 cm³/mol. The SMILES string of the molecule is Cl.O=C1c2cccc([N+](=O)[O-])c2CN1CC1CCNCC1. The highest BCUT2D eigenvalue weighted by molar-refractivity contribution is 5.99. The Bertz CT molecular complexity index is 558. The van der Waals surface area contributed by atoms with Gasteiger partial charge in [0.2, 0.25) is 0 Å². The van der Waals surface area contributed by atoms with Crippen molar-refractivity contribution in [3.8, 4) is 0 Å². The van der Waals surface area contributed by atoms with Crippen LogP contribution >= 0.6 is 12.4 Å². The predicted octanol–water partition coefficient (Wildman–Crippen LogP) is 1.97. The number of nitro groups is 1. The van der Waals surface area contributed by atoms with E-state index in [9.17, 15) is 14.9 Å². The Kier molecular flexibility index (Phi) is 4.80. The Hall–Kier alpha value is -1.66. The van der Waals surface area contributed by atoms with Gasteiger partial charge < -0.3 is 10.2 Å². The quantitative estimate of drug-likeness (QED) is 0.684. The summed E-state index contributed by atoms with van der Waals surface area (Å²) in [6.07, 6.45) is 2.12. The van der Waals surface area contributed by atoms with Gasteiger partial charge >= 0.3 is 0 Å². The highest BCUT2D eigenvalue weighted by atomic mass is 35.5. The first kappa shape index (κ1) is 15.7. The van der Waals surface area contributed by atoms with Crippen molar-refractivity contribution in [2.24, 2.45) is 5.92 Å². The number of carbonyl (C=O) groups is 1. The number of hydrogen-bond acceptors (Lipinski definition) is 4. The van der Waals surface area contributed by atoms with Crippen LogP contribution in [0.1, 0.15) is 28.8 Å². The second-order valence-corrected chi connectivity index (χ2v) is 5.44. The molecule has 1 amide bonds. The fourth-order valence-corrected chi connectivity index (χ4v) is 3.07.